The summed E-state index contributed by atoms with van der Waals surface area (Å²) in [4.78, 5) is 12.0. The van der Waals surface area contributed by atoms with E-state index in [4.69, 9.17) is 0 Å². The molecule has 3 aromatic rings. The van der Waals surface area contributed by atoms with Gasteiger partial charge < -0.3 is 5.32 Å². The lowest BCUT2D eigenvalue weighted by atomic mass is 10.1. The molecule has 0 unspecified atom stereocenters. The Hall–Kier alpha value is -3.10. The molecule has 0 radical (unpaired) electrons. The highest BCUT2D eigenvalue weighted by atomic mass is 19.4. The largest absolute Gasteiger partial charge is 0.432 e. The van der Waals surface area contributed by atoms with Crippen LogP contribution in [0.15, 0.2) is 42.6 Å². The molecule has 2 heterocycles. The van der Waals surface area contributed by atoms with Crippen LogP contribution in [0.2, 0.25) is 0 Å². The Kier molecular flexibility index (Phi) is 4.30. The number of hydrogen-bond donors (Lipinski definition) is 2. The molecule has 9 heteroatoms. The van der Waals surface area contributed by atoms with E-state index in [0.29, 0.717) is 12.6 Å². The van der Waals surface area contributed by atoms with E-state index in [-0.39, 0.29) is 11.5 Å². The molecule has 0 fully saturated rings. The minimum atomic E-state index is -4.58. The zero-order chi connectivity index (χ0) is 18.0. The van der Waals surface area contributed by atoms with E-state index in [1.807, 2.05) is 31.2 Å². The number of H-pyrrole nitrogens is 1. The van der Waals surface area contributed by atoms with Crippen molar-refractivity contribution in [3.63, 3.8) is 0 Å². The Morgan fingerprint density at radius 3 is 2.72 bits per heavy atom. The lowest BCUT2D eigenvalue weighted by molar-refractivity contribution is -0.141. The maximum absolute atomic E-state index is 12.5. The standard InChI is InChI=1S/C16H14F3N5O/c1-10-4-2-3-5-11(10)9-24-7-6-14(23-24)20-15(25)12-8-13(22-21-12)16(17,18)19/h2-8H,9H2,1H3,(H,21,22)(H,20,23,25). The number of aromatic nitrogens is 4. The molecule has 6 nitrogen and oxygen atoms in total. The van der Waals surface area contributed by atoms with Gasteiger partial charge in [0.05, 0.1) is 6.54 Å². The fourth-order valence-electron chi connectivity index (χ4n) is 2.24. The van der Waals surface area contributed by atoms with Crippen molar-refractivity contribution in [1.82, 2.24) is 20.0 Å². The highest BCUT2D eigenvalue weighted by molar-refractivity contribution is 6.02. The number of hydrogen-bond acceptors (Lipinski definition) is 3. The summed E-state index contributed by atoms with van der Waals surface area (Å²) in [5.74, 6) is -0.539. The molecule has 25 heavy (non-hydrogen) atoms. The Labute approximate surface area is 140 Å². The van der Waals surface area contributed by atoms with Gasteiger partial charge in [0.25, 0.3) is 5.91 Å². The summed E-state index contributed by atoms with van der Waals surface area (Å²) in [6, 6.07) is 10.0. The summed E-state index contributed by atoms with van der Waals surface area (Å²) >= 11 is 0. The summed E-state index contributed by atoms with van der Waals surface area (Å²) in [6.45, 7) is 2.50. The summed E-state index contributed by atoms with van der Waals surface area (Å²) in [6.07, 6.45) is -2.91. The normalized spacial score (nSPS) is 11.5. The number of carbonyl (C=O) groups excluding carboxylic acids is 1. The molecule has 0 atom stereocenters. The minimum Gasteiger partial charge on any atom is -0.304 e. The predicted molar refractivity (Wildman–Crippen MR) is 84.1 cm³/mol. The fraction of sp³-hybridized carbons (Fsp3) is 0.188. The van der Waals surface area contributed by atoms with Gasteiger partial charge in [0, 0.05) is 18.3 Å². The van der Waals surface area contributed by atoms with Crippen LogP contribution in [-0.4, -0.2) is 25.9 Å². The molecule has 1 amide bonds. The average Bonchev–Trinajstić information content (AvgIpc) is 3.18. The van der Waals surface area contributed by atoms with Gasteiger partial charge in [-0.3, -0.25) is 14.6 Å². The van der Waals surface area contributed by atoms with Gasteiger partial charge in [-0.25, -0.2) is 0 Å². The van der Waals surface area contributed by atoms with Crippen molar-refractivity contribution in [1.29, 1.82) is 0 Å². The van der Waals surface area contributed by atoms with Gasteiger partial charge in [-0.1, -0.05) is 24.3 Å². The number of nitrogens with one attached hydrogen (secondary N) is 2. The molecule has 0 spiro atoms. The number of aryl methyl sites for hydroxylation is 1. The third-order valence-electron chi connectivity index (χ3n) is 3.59. The van der Waals surface area contributed by atoms with Crippen molar-refractivity contribution in [3.8, 4) is 0 Å². The first-order valence-electron chi connectivity index (χ1n) is 7.35. The van der Waals surface area contributed by atoms with E-state index in [1.54, 1.807) is 22.0 Å². The number of alkyl halides is 3. The van der Waals surface area contributed by atoms with Gasteiger partial charge in [0.15, 0.2) is 11.5 Å². The number of aromatic amines is 1. The van der Waals surface area contributed by atoms with E-state index >= 15 is 0 Å². The van der Waals surface area contributed by atoms with Crippen molar-refractivity contribution in [3.05, 3.63) is 65.1 Å². The second-order valence-corrected chi connectivity index (χ2v) is 5.44. The van der Waals surface area contributed by atoms with Crippen LogP contribution in [0.5, 0.6) is 0 Å². The third kappa shape index (κ3) is 3.87. The summed E-state index contributed by atoms with van der Waals surface area (Å²) < 4.78 is 39.2. The van der Waals surface area contributed by atoms with Gasteiger partial charge in [-0.05, 0) is 18.1 Å². The van der Waals surface area contributed by atoms with Crippen LogP contribution in [0.4, 0.5) is 19.0 Å². The van der Waals surface area contributed by atoms with Crippen LogP contribution < -0.4 is 5.32 Å². The maximum Gasteiger partial charge on any atom is 0.432 e. The van der Waals surface area contributed by atoms with Crippen molar-refractivity contribution in [2.24, 2.45) is 0 Å². The fourth-order valence-corrected chi connectivity index (χ4v) is 2.24. The summed E-state index contributed by atoms with van der Waals surface area (Å²) in [7, 11) is 0. The third-order valence-corrected chi connectivity index (χ3v) is 3.59. The number of amides is 1. The Morgan fingerprint density at radius 1 is 1.28 bits per heavy atom. The van der Waals surface area contributed by atoms with Crippen LogP contribution in [0.3, 0.4) is 0 Å². The number of nitrogens with zero attached hydrogens (tertiary/aromatic N) is 3. The Bertz CT molecular complexity index is 897. The van der Waals surface area contributed by atoms with Gasteiger partial charge in [0.1, 0.15) is 5.69 Å². The molecule has 130 valence electrons. The molecule has 0 aliphatic heterocycles. The highest BCUT2D eigenvalue weighted by Gasteiger charge is 2.33. The topological polar surface area (TPSA) is 75.6 Å². The number of benzene rings is 1. The Morgan fingerprint density at radius 2 is 2.04 bits per heavy atom. The molecule has 3 rings (SSSR count). The van der Waals surface area contributed by atoms with E-state index in [9.17, 15) is 18.0 Å². The van der Waals surface area contributed by atoms with Crippen molar-refractivity contribution in [2.75, 3.05) is 5.32 Å². The van der Waals surface area contributed by atoms with E-state index in [2.05, 4.69) is 15.5 Å². The Balaban J connectivity index is 1.68. The van der Waals surface area contributed by atoms with Gasteiger partial charge in [-0.15, -0.1) is 0 Å². The van der Waals surface area contributed by atoms with Crippen molar-refractivity contribution < 1.29 is 18.0 Å². The molecule has 0 saturated heterocycles. The zero-order valence-electron chi connectivity index (χ0n) is 13.1. The number of carbonyl (C=O) groups is 1. The maximum atomic E-state index is 12.5. The average molecular weight is 349 g/mol. The number of anilines is 1. The molecule has 0 bridgehead atoms. The second-order valence-electron chi connectivity index (χ2n) is 5.44. The monoisotopic (exact) mass is 349 g/mol. The molecule has 1 aromatic carbocycles. The lowest BCUT2D eigenvalue weighted by Crippen LogP contribution is -2.13. The first-order chi connectivity index (χ1) is 11.8. The number of rotatable bonds is 4. The smallest absolute Gasteiger partial charge is 0.304 e. The van der Waals surface area contributed by atoms with Gasteiger partial charge >= 0.3 is 6.18 Å². The SMILES string of the molecule is Cc1ccccc1Cn1ccc(NC(=O)c2cc(C(F)(F)F)[nH]n2)n1. The van der Waals surface area contributed by atoms with Crippen molar-refractivity contribution in [2.45, 2.75) is 19.6 Å². The molecular weight excluding hydrogens is 335 g/mol. The molecule has 0 aliphatic rings. The van der Waals surface area contributed by atoms with Crippen LogP contribution in [-0.2, 0) is 12.7 Å². The van der Waals surface area contributed by atoms with E-state index in [1.165, 1.54) is 0 Å². The molecule has 0 aliphatic carbocycles. The lowest BCUT2D eigenvalue weighted by Gasteiger charge is -2.05. The highest BCUT2D eigenvalue weighted by Crippen LogP contribution is 2.27. The molecule has 0 saturated carbocycles. The first-order valence-corrected chi connectivity index (χ1v) is 7.35. The van der Waals surface area contributed by atoms with Crippen LogP contribution >= 0.6 is 0 Å². The van der Waals surface area contributed by atoms with E-state index in [0.717, 1.165) is 11.1 Å². The quantitative estimate of drug-likeness (QED) is 0.759. The van der Waals surface area contributed by atoms with Crippen LogP contribution in [0.1, 0.15) is 27.3 Å². The molecule has 2 aromatic heterocycles. The second kappa shape index (κ2) is 6.42. The predicted octanol–water partition coefficient (Wildman–Crippen LogP) is 3.23. The summed E-state index contributed by atoms with van der Waals surface area (Å²) in [5.41, 5.74) is 0.744. The minimum absolute atomic E-state index is 0.232. The van der Waals surface area contributed by atoms with Crippen LogP contribution in [0.25, 0.3) is 0 Å². The van der Waals surface area contributed by atoms with E-state index < -0.39 is 17.8 Å². The van der Waals surface area contributed by atoms with Gasteiger partial charge in [0.2, 0.25) is 0 Å². The molecular formula is C16H14F3N5O. The first kappa shape index (κ1) is 16.7. The number of halogens is 3. The van der Waals surface area contributed by atoms with Gasteiger partial charge in [-0.2, -0.15) is 23.4 Å². The summed E-state index contributed by atoms with van der Waals surface area (Å²) in [5, 5.41) is 11.8. The zero-order valence-corrected chi connectivity index (χ0v) is 13.1. The van der Waals surface area contributed by atoms with Crippen LogP contribution in [0, 0.1) is 6.92 Å². The van der Waals surface area contributed by atoms with Crippen molar-refractivity contribution >= 4 is 11.7 Å². The molecule has 2 N–H and O–H groups in total.